The fourth-order valence-electron chi connectivity index (χ4n) is 5.00. The summed E-state index contributed by atoms with van der Waals surface area (Å²) in [7, 11) is 2.02. The molecule has 2 aromatic heterocycles. The zero-order valence-electron chi connectivity index (χ0n) is 22.6. The van der Waals surface area contributed by atoms with Crippen molar-refractivity contribution in [3.05, 3.63) is 70.9 Å². The predicted octanol–water partition coefficient (Wildman–Crippen LogP) is 5.70. The summed E-state index contributed by atoms with van der Waals surface area (Å²) in [5.41, 5.74) is 14.1. The van der Waals surface area contributed by atoms with Crippen molar-refractivity contribution >= 4 is 44.9 Å². The van der Waals surface area contributed by atoms with Gasteiger partial charge in [-0.25, -0.2) is 4.98 Å². The van der Waals surface area contributed by atoms with Gasteiger partial charge < -0.3 is 20.6 Å². The van der Waals surface area contributed by atoms with E-state index in [0.717, 1.165) is 45.6 Å². The summed E-state index contributed by atoms with van der Waals surface area (Å²) in [5, 5.41) is 10.9. The minimum absolute atomic E-state index is 0.0645. The monoisotopic (exact) mass is 540 g/mol. The van der Waals surface area contributed by atoms with Gasteiger partial charge in [-0.2, -0.15) is 0 Å². The second kappa shape index (κ2) is 9.67. The van der Waals surface area contributed by atoms with Crippen LogP contribution < -0.4 is 21.6 Å². The summed E-state index contributed by atoms with van der Waals surface area (Å²) in [6.45, 7) is 7.30. The van der Waals surface area contributed by atoms with E-state index in [1.54, 1.807) is 6.20 Å². The molecule has 0 bridgehead atoms. The molecule has 0 saturated heterocycles. The van der Waals surface area contributed by atoms with E-state index >= 15 is 0 Å². The van der Waals surface area contributed by atoms with Crippen molar-refractivity contribution in [2.45, 2.75) is 45.7 Å². The van der Waals surface area contributed by atoms with Crippen LogP contribution in [0.15, 0.2) is 54.8 Å². The standard InChI is InChI=1S/C30H33ClN8/c1-6-18-14-32-27-22(26(18)33-16-30(2,3)4)12-19(13-23(27)31)35-28(25-15-39(37-36-25)20-10-11-20)21-8-7-9-24-29(21)38(5)17-34-24/h1,7-9,12-15,17,20,28,35-37H,10-11,16H2,2-5H3,(H,32,33)/t28-/m0/s1. The number of aromatic nitrogens is 3. The van der Waals surface area contributed by atoms with Crippen LogP contribution in [0.5, 0.6) is 0 Å². The number of imidazole rings is 1. The highest BCUT2D eigenvalue weighted by Gasteiger charge is 2.33. The van der Waals surface area contributed by atoms with Crippen molar-refractivity contribution in [3.63, 3.8) is 0 Å². The van der Waals surface area contributed by atoms with Crippen LogP contribution in [0.4, 0.5) is 11.4 Å². The van der Waals surface area contributed by atoms with Crippen molar-refractivity contribution in [2.75, 3.05) is 17.2 Å². The lowest BCUT2D eigenvalue weighted by Crippen LogP contribution is -2.38. The first-order valence-electron chi connectivity index (χ1n) is 13.2. The number of nitrogens with one attached hydrogen (secondary N) is 4. The third kappa shape index (κ3) is 4.96. The number of hydrogen-bond acceptors (Lipinski definition) is 7. The second-order valence-electron chi connectivity index (χ2n) is 11.6. The first-order valence-corrected chi connectivity index (χ1v) is 13.6. The van der Waals surface area contributed by atoms with Crippen LogP contribution in [0.3, 0.4) is 0 Å². The maximum atomic E-state index is 6.84. The Balaban J connectivity index is 1.46. The maximum Gasteiger partial charge on any atom is 0.0965 e. The van der Waals surface area contributed by atoms with Crippen LogP contribution in [0.2, 0.25) is 5.02 Å². The molecule has 0 amide bonds. The first kappa shape index (κ1) is 25.4. The Morgan fingerprint density at radius 1 is 1.23 bits per heavy atom. The fraction of sp³-hybridized carbons (Fsp3) is 0.333. The van der Waals surface area contributed by atoms with Crippen LogP contribution in [-0.4, -0.2) is 32.1 Å². The Hall–Kier alpha value is -3.93. The number of anilines is 2. The van der Waals surface area contributed by atoms with Gasteiger partial charge in [0.1, 0.15) is 0 Å². The van der Waals surface area contributed by atoms with Crippen LogP contribution >= 0.6 is 11.6 Å². The van der Waals surface area contributed by atoms with Crippen LogP contribution in [-0.2, 0) is 7.05 Å². The molecule has 1 aliphatic carbocycles. The van der Waals surface area contributed by atoms with Gasteiger partial charge in [0.2, 0.25) is 0 Å². The Morgan fingerprint density at radius 2 is 2.05 bits per heavy atom. The number of aryl methyl sites for hydroxylation is 1. The SMILES string of the molecule is C#Cc1cnc2c(Cl)cc(N[C@H](C3=CN(C4CC4)NN3)c3cccc4ncn(C)c34)cc2c1NCC(C)(C)C. The highest BCUT2D eigenvalue weighted by molar-refractivity contribution is 6.35. The van der Waals surface area contributed by atoms with Gasteiger partial charge in [0, 0.05) is 48.7 Å². The van der Waals surface area contributed by atoms with E-state index in [4.69, 9.17) is 18.0 Å². The fourth-order valence-corrected chi connectivity index (χ4v) is 5.27. The molecule has 0 unspecified atom stereocenters. The van der Waals surface area contributed by atoms with Gasteiger partial charge in [-0.3, -0.25) is 9.99 Å². The molecular weight excluding hydrogens is 508 g/mol. The summed E-state index contributed by atoms with van der Waals surface area (Å²) in [6, 6.07) is 10.5. The molecule has 0 radical (unpaired) electrons. The molecule has 3 heterocycles. The molecule has 2 aromatic carbocycles. The van der Waals surface area contributed by atoms with Gasteiger partial charge in [0.15, 0.2) is 0 Å². The number of hydrogen-bond donors (Lipinski definition) is 4. The molecule has 2 aliphatic rings. The van der Waals surface area contributed by atoms with Crippen LogP contribution in [0, 0.1) is 17.8 Å². The van der Waals surface area contributed by atoms with Crippen molar-refractivity contribution in [1.82, 2.24) is 30.5 Å². The molecule has 9 heteroatoms. The number of halogens is 1. The molecule has 1 fully saturated rings. The number of para-hydroxylation sites is 1. The third-order valence-electron chi connectivity index (χ3n) is 7.13. The molecular formula is C30H33ClN8. The summed E-state index contributed by atoms with van der Waals surface area (Å²) in [6.07, 6.45) is 14.0. The van der Waals surface area contributed by atoms with Crippen LogP contribution in [0.1, 0.15) is 50.8 Å². The van der Waals surface area contributed by atoms with Gasteiger partial charge in [0.25, 0.3) is 0 Å². The largest absolute Gasteiger partial charge is 0.383 e. The van der Waals surface area contributed by atoms with E-state index in [9.17, 15) is 0 Å². The summed E-state index contributed by atoms with van der Waals surface area (Å²) in [4.78, 5) is 9.19. The summed E-state index contributed by atoms with van der Waals surface area (Å²) >= 11 is 6.84. The average molecular weight is 541 g/mol. The topological polar surface area (TPSA) is 82.1 Å². The average Bonchev–Trinajstić information content (AvgIpc) is 3.52. The zero-order chi connectivity index (χ0) is 27.3. The molecule has 1 saturated carbocycles. The second-order valence-corrected chi connectivity index (χ2v) is 12.0. The summed E-state index contributed by atoms with van der Waals surface area (Å²) in [5.74, 6) is 2.79. The molecule has 1 aliphatic heterocycles. The van der Waals surface area contributed by atoms with E-state index in [1.165, 1.54) is 12.8 Å². The Kier molecular flexibility index (Phi) is 6.29. The molecule has 4 aromatic rings. The van der Waals surface area contributed by atoms with E-state index in [2.05, 4.69) is 86.2 Å². The number of rotatable bonds is 7. The van der Waals surface area contributed by atoms with E-state index in [-0.39, 0.29) is 11.5 Å². The lowest BCUT2D eigenvalue weighted by molar-refractivity contribution is 0.260. The van der Waals surface area contributed by atoms with Crippen LogP contribution in [0.25, 0.3) is 21.9 Å². The number of fused-ring (bicyclic) bond motifs is 2. The van der Waals surface area contributed by atoms with Crippen molar-refractivity contribution in [3.8, 4) is 12.3 Å². The molecule has 0 spiro atoms. The Bertz CT molecular complexity index is 1640. The molecule has 39 heavy (non-hydrogen) atoms. The molecule has 6 rings (SSSR count). The number of terminal acetylenes is 1. The van der Waals surface area contributed by atoms with E-state index < -0.39 is 0 Å². The normalized spacial score (nSPS) is 16.2. The van der Waals surface area contributed by atoms with Crippen molar-refractivity contribution < 1.29 is 0 Å². The van der Waals surface area contributed by atoms with Crippen molar-refractivity contribution in [2.24, 2.45) is 12.5 Å². The molecule has 4 N–H and O–H groups in total. The highest BCUT2D eigenvalue weighted by atomic mass is 35.5. The third-order valence-corrected chi connectivity index (χ3v) is 7.41. The smallest absolute Gasteiger partial charge is 0.0965 e. The zero-order valence-corrected chi connectivity index (χ0v) is 23.4. The summed E-state index contributed by atoms with van der Waals surface area (Å²) < 4.78 is 2.06. The Morgan fingerprint density at radius 3 is 2.79 bits per heavy atom. The lowest BCUT2D eigenvalue weighted by atomic mass is 9.96. The van der Waals surface area contributed by atoms with Crippen molar-refractivity contribution in [1.29, 1.82) is 0 Å². The van der Waals surface area contributed by atoms with Gasteiger partial charge in [-0.15, -0.1) is 12.0 Å². The first-order chi connectivity index (χ1) is 18.7. The van der Waals surface area contributed by atoms with Gasteiger partial charge in [0.05, 0.1) is 50.9 Å². The lowest BCUT2D eigenvalue weighted by Gasteiger charge is -2.24. The van der Waals surface area contributed by atoms with E-state index in [1.807, 2.05) is 31.6 Å². The number of hydrazine groups is 2. The van der Waals surface area contributed by atoms with Gasteiger partial charge >= 0.3 is 0 Å². The van der Waals surface area contributed by atoms with Gasteiger partial charge in [-0.1, -0.05) is 50.4 Å². The quantitative estimate of drug-likeness (QED) is 0.224. The highest BCUT2D eigenvalue weighted by Crippen LogP contribution is 2.38. The number of pyridine rings is 1. The maximum absolute atomic E-state index is 6.84. The minimum Gasteiger partial charge on any atom is -0.383 e. The van der Waals surface area contributed by atoms with Gasteiger partial charge in [-0.05, 0) is 36.5 Å². The molecule has 8 nitrogen and oxygen atoms in total. The number of nitrogens with zero attached hydrogens (tertiary/aromatic N) is 4. The minimum atomic E-state index is -0.205. The molecule has 200 valence electrons. The van der Waals surface area contributed by atoms with E-state index in [0.29, 0.717) is 22.1 Å². The predicted molar refractivity (Wildman–Crippen MR) is 159 cm³/mol. The molecule has 1 atom stereocenters. The number of benzene rings is 2. The Labute approximate surface area is 233 Å².